The first-order valence-corrected chi connectivity index (χ1v) is 23.8. The molecule has 66 heavy (non-hydrogen) atoms. The molecule has 6 amide bonds. The minimum atomic E-state index is -1.79. The second-order valence-corrected chi connectivity index (χ2v) is 21.2. The van der Waals surface area contributed by atoms with Crippen LogP contribution in [0.1, 0.15) is 118 Å². The monoisotopic (exact) mass is 924 g/mol. The summed E-state index contributed by atoms with van der Waals surface area (Å²) in [5.41, 5.74) is 22.0. The Hall–Kier alpha value is -5.79. The minimum Gasteiger partial charge on any atom is -0.465 e. The number of nitrogens with two attached hydrogens (primary N) is 4. The van der Waals surface area contributed by atoms with Gasteiger partial charge in [0, 0.05) is 69.2 Å². The molecule has 5 aliphatic carbocycles. The summed E-state index contributed by atoms with van der Waals surface area (Å²) in [4.78, 5) is 94.8. The van der Waals surface area contributed by atoms with Crippen LogP contribution in [0.5, 0.6) is 0 Å². The number of amides is 6. The largest absolute Gasteiger partial charge is 0.465 e. The van der Waals surface area contributed by atoms with E-state index in [1.54, 1.807) is 49.4 Å². The average Bonchev–Trinajstić information content (AvgIpc) is 4.04. The first kappa shape index (κ1) is 45.4. The number of hydrogen-bond acceptors (Lipinski definition) is 13. The lowest BCUT2D eigenvalue weighted by Gasteiger charge is -2.60. The second-order valence-electron chi connectivity index (χ2n) is 20.1. The van der Waals surface area contributed by atoms with Gasteiger partial charge < -0.3 is 38.0 Å². The molecule has 5 unspecified atom stereocenters. The van der Waals surface area contributed by atoms with Gasteiger partial charge in [-0.2, -0.15) is 0 Å². The van der Waals surface area contributed by atoms with Crippen molar-refractivity contribution in [2.45, 2.75) is 144 Å². The fourth-order valence-electron chi connectivity index (χ4n) is 14.3. The van der Waals surface area contributed by atoms with E-state index in [-0.39, 0.29) is 30.5 Å². The predicted molar refractivity (Wildman–Crippen MR) is 246 cm³/mol. The summed E-state index contributed by atoms with van der Waals surface area (Å²) < 4.78 is 0. The van der Waals surface area contributed by atoms with Crippen molar-refractivity contribution in [2.75, 3.05) is 29.5 Å². The molecule has 3 saturated heterocycles. The highest BCUT2D eigenvalue weighted by Gasteiger charge is 2.71. The van der Waals surface area contributed by atoms with Crippen LogP contribution < -0.4 is 38.5 Å². The molecule has 19 heteroatoms. The van der Waals surface area contributed by atoms with Crippen LogP contribution in [-0.4, -0.2) is 97.6 Å². The number of carbonyl (C=O) groups excluding carboxylic acids is 4. The molecule has 9 atom stereocenters. The number of rotatable bonds is 11. The maximum absolute atomic E-state index is 15.2. The summed E-state index contributed by atoms with van der Waals surface area (Å²) in [6.45, 7) is 8.65. The number of imide groups is 2. The first-order chi connectivity index (χ1) is 31.2. The standard InChI is InChI=1S/C47H60N10O8S/c1-24-19-33(32-10-7-17-55(32)46(38(60)53-41(62)63)27-15-13-25(20-29(27)48)43(46,2)22-36(50)58)57(40-52-31-9-5-6-11-34(31)66-40)45(24,4)35-12-8-18-56(35)47(39(61)54-42(64)65)28-16-14-26(21-30(28)49)44(47,3)23-37(51)59/h13-16,20-21,24,32-33,35H,5-12,17-19,22-23,48-49H2,1-4H3,(H2,50,58)(H2,51,59)(H,53,60)(H,54,61)(H,62,63)(H,64,65)/t24?,32?,33-,35?,43?,44?,45-,46+,47+/m1/s1. The Balaban J connectivity index is 1.25. The van der Waals surface area contributed by atoms with Crippen molar-refractivity contribution >= 4 is 63.7 Å². The molecular formula is C47H60N10O8S. The zero-order chi connectivity index (χ0) is 47.5. The van der Waals surface area contributed by atoms with E-state index >= 15 is 9.59 Å². The number of aryl methyl sites for hydroxylation is 2. The van der Waals surface area contributed by atoms with Gasteiger partial charge in [0.2, 0.25) is 11.8 Å². The van der Waals surface area contributed by atoms with Crippen molar-refractivity contribution in [1.29, 1.82) is 0 Å². The van der Waals surface area contributed by atoms with Crippen molar-refractivity contribution < 1.29 is 39.0 Å². The molecule has 1 aromatic heterocycles. The van der Waals surface area contributed by atoms with Crippen LogP contribution in [0.15, 0.2) is 36.4 Å². The number of likely N-dealkylation sites (tertiary alicyclic amines) is 2. The highest BCUT2D eigenvalue weighted by Crippen LogP contribution is 2.62. The number of aromatic nitrogens is 1. The Morgan fingerprint density at radius 3 is 1.77 bits per heavy atom. The van der Waals surface area contributed by atoms with E-state index < -0.39 is 75.3 Å². The number of hydrogen-bond donors (Lipinski definition) is 8. The van der Waals surface area contributed by atoms with E-state index in [4.69, 9.17) is 27.9 Å². The Morgan fingerprint density at radius 2 is 1.26 bits per heavy atom. The van der Waals surface area contributed by atoms with Gasteiger partial charge in [0.05, 0.1) is 11.2 Å². The summed E-state index contributed by atoms with van der Waals surface area (Å²) in [5, 5.41) is 25.5. The van der Waals surface area contributed by atoms with E-state index in [2.05, 4.69) is 39.2 Å². The van der Waals surface area contributed by atoms with Gasteiger partial charge in [0.15, 0.2) is 5.13 Å². The Bertz CT molecular complexity index is 2570. The third kappa shape index (κ3) is 6.07. The van der Waals surface area contributed by atoms with Crippen molar-refractivity contribution in [2.24, 2.45) is 17.4 Å². The molecular weight excluding hydrogens is 865 g/mol. The number of fused-ring (bicyclic) bond motifs is 7. The maximum Gasteiger partial charge on any atom is 0.411 e. The van der Waals surface area contributed by atoms with Gasteiger partial charge in [-0.3, -0.25) is 39.6 Å². The van der Waals surface area contributed by atoms with E-state index in [0.717, 1.165) is 36.5 Å². The van der Waals surface area contributed by atoms with Crippen LogP contribution in [0, 0.1) is 5.92 Å². The Kier molecular flexibility index (Phi) is 10.8. The first-order valence-electron chi connectivity index (χ1n) is 23.0. The lowest BCUT2D eigenvalue weighted by molar-refractivity contribution is -0.145. The van der Waals surface area contributed by atoms with Crippen molar-refractivity contribution in [3.63, 3.8) is 0 Å². The van der Waals surface area contributed by atoms with Crippen LogP contribution in [-0.2, 0) is 53.9 Å². The normalized spacial score (nSPS) is 33.5. The van der Waals surface area contributed by atoms with E-state index in [1.165, 1.54) is 4.88 Å². The molecule has 3 aliphatic heterocycles. The molecule has 4 bridgehead atoms. The second kappa shape index (κ2) is 15.7. The van der Waals surface area contributed by atoms with Gasteiger partial charge in [0.1, 0.15) is 11.1 Å². The smallest absolute Gasteiger partial charge is 0.411 e. The molecule has 11 rings (SSSR count). The molecule has 0 spiro atoms. The predicted octanol–water partition coefficient (Wildman–Crippen LogP) is 3.76. The molecule has 4 heterocycles. The molecule has 0 radical (unpaired) electrons. The van der Waals surface area contributed by atoms with Crippen LogP contribution in [0.2, 0.25) is 0 Å². The molecule has 8 aliphatic rings. The quantitative estimate of drug-likeness (QED) is 0.127. The summed E-state index contributed by atoms with van der Waals surface area (Å²) in [6, 6.07) is 9.32. The minimum absolute atomic E-state index is 0.143. The summed E-state index contributed by atoms with van der Waals surface area (Å²) in [5.74, 6) is -3.13. The summed E-state index contributed by atoms with van der Waals surface area (Å²) in [7, 11) is 0. The van der Waals surface area contributed by atoms with Gasteiger partial charge in [-0.1, -0.05) is 45.0 Å². The van der Waals surface area contributed by atoms with Gasteiger partial charge in [0.25, 0.3) is 11.8 Å². The zero-order valence-electron chi connectivity index (χ0n) is 37.8. The van der Waals surface area contributed by atoms with E-state index in [9.17, 15) is 29.4 Å². The average molecular weight is 925 g/mol. The molecule has 3 fully saturated rings. The number of thiazole rings is 1. The molecule has 18 nitrogen and oxygen atoms in total. The maximum atomic E-state index is 15.2. The third-order valence-corrected chi connectivity index (χ3v) is 18.1. The fourth-order valence-corrected chi connectivity index (χ4v) is 15.6. The van der Waals surface area contributed by atoms with E-state index in [1.807, 2.05) is 12.1 Å². The SMILES string of the molecule is CC1C[C@H](C2CCCN2[C@]2(C(=O)NC(=O)O)c3ccc(cc3N)C2(C)CC(N)=O)N(c2nc3c(s2)CCCC3)[C@@]1(C)C1CCCN1[C@]1(C(=O)NC(=O)O)c2ccc(cc2N)C1(C)CC(N)=O. The van der Waals surface area contributed by atoms with E-state index in [0.29, 0.717) is 73.1 Å². The molecule has 3 aromatic rings. The highest BCUT2D eigenvalue weighted by molar-refractivity contribution is 7.15. The zero-order valence-corrected chi connectivity index (χ0v) is 38.6. The van der Waals surface area contributed by atoms with Gasteiger partial charge in [-0.25, -0.2) is 14.6 Å². The number of nitrogens with zero attached hydrogens (tertiary/aromatic N) is 4. The number of carboxylic acid groups (broad SMARTS) is 2. The number of nitrogen functional groups attached to an aromatic ring is 2. The van der Waals surface area contributed by atoms with Crippen LogP contribution >= 0.6 is 11.3 Å². The number of primary amides is 2. The number of anilines is 3. The highest BCUT2D eigenvalue weighted by atomic mass is 32.1. The summed E-state index contributed by atoms with van der Waals surface area (Å²) in [6.07, 6.45) is 3.08. The molecule has 2 aromatic carbocycles. The third-order valence-electron chi connectivity index (χ3n) is 16.9. The van der Waals surface area contributed by atoms with Crippen molar-refractivity contribution in [3.8, 4) is 0 Å². The number of nitrogens with one attached hydrogen (secondary N) is 2. The molecule has 12 N–H and O–H groups in total. The summed E-state index contributed by atoms with van der Waals surface area (Å²) >= 11 is 1.64. The van der Waals surface area contributed by atoms with Gasteiger partial charge in [-0.15, -0.1) is 11.3 Å². The number of carbonyl (C=O) groups is 6. The fraction of sp³-hybridized carbons (Fsp3) is 0.553. The van der Waals surface area contributed by atoms with Gasteiger partial charge in [-0.05, 0) is 107 Å². The Morgan fingerprint density at radius 1 is 0.742 bits per heavy atom. The van der Waals surface area contributed by atoms with Crippen LogP contribution in [0.3, 0.4) is 0 Å². The van der Waals surface area contributed by atoms with Crippen LogP contribution in [0.25, 0.3) is 0 Å². The number of benzene rings is 2. The topological polar surface area (TPSA) is 294 Å². The van der Waals surface area contributed by atoms with Crippen molar-refractivity contribution in [3.05, 3.63) is 69.2 Å². The van der Waals surface area contributed by atoms with Crippen molar-refractivity contribution in [1.82, 2.24) is 25.4 Å². The molecule has 0 saturated carbocycles. The van der Waals surface area contributed by atoms with Gasteiger partial charge >= 0.3 is 12.2 Å². The lowest BCUT2D eigenvalue weighted by atomic mass is 9.55. The lowest BCUT2D eigenvalue weighted by Crippen LogP contribution is -2.74. The Labute approximate surface area is 386 Å². The molecule has 352 valence electrons. The van der Waals surface area contributed by atoms with Crippen LogP contribution in [0.4, 0.5) is 26.1 Å².